The van der Waals surface area contributed by atoms with Gasteiger partial charge in [0.05, 0.1) is 0 Å². The van der Waals surface area contributed by atoms with Gasteiger partial charge in [0.2, 0.25) is 5.91 Å². The first kappa shape index (κ1) is 20.6. The molecular weight excluding hydrogens is 392 g/mol. The standard InChI is InChI=1S/C21H18N2O7/c1-12(21(27)23-15-6-2-14(3-7-15)20(22)26)29-19(25)11-28-16-8-4-13-5-9-18(24)30-17(13)10-16/h2-10,12H,11H2,1H3,(H2,22,26)(H,23,27). The number of ether oxygens (including phenoxy) is 2. The van der Waals surface area contributed by atoms with Crippen LogP contribution < -0.4 is 21.4 Å². The van der Waals surface area contributed by atoms with Gasteiger partial charge in [0, 0.05) is 28.8 Å². The highest BCUT2D eigenvalue weighted by atomic mass is 16.6. The molecule has 0 aliphatic heterocycles. The molecule has 2 aromatic carbocycles. The van der Waals surface area contributed by atoms with Crippen LogP contribution in [-0.2, 0) is 14.3 Å². The minimum absolute atomic E-state index is 0.303. The van der Waals surface area contributed by atoms with Crippen molar-refractivity contribution in [1.29, 1.82) is 0 Å². The van der Waals surface area contributed by atoms with E-state index in [1.165, 1.54) is 43.3 Å². The average Bonchev–Trinajstić information content (AvgIpc) is 2.72. The Kier molecular flexibility index (Phi) is 6.11. The number of nitrogens with one attached hydrogen (secondary N) is 1. The fourth-order valence-corrected chi connectivity index (χ4v) is 2.52. The van der Waals surface area contributed by atoms with E-state index in [0.717, 1.165) is 0 Å². The van der Waals surface area contributed by atoms with Gasteiger partial charge in [-0.1, -0.05) is 0 Å². The summed E-state index contributed by atoms with van der Waals surface area (Å²) in [5, 5.41) is 3.27. The second-order valence-corrected chi connectivity index (χ2v) is 6.31. The molecule has 1 aromatic heterocycles. The molecule has 1 unspecified atom stereocenters. The smallest absolute Gasteiger partial charge is 0.344 e. The lowest BCUT2D eigenvalue weighted by Gasteiger charge is -2.14. The number of nitrogens with two attached hydrogens (primary N) is 1. The summed E-state index contributed by atoms with van der Waals surface area (Å²) in [6.45, 7) is 0.975. The van der Waals surface area contributed by atoms with Crippen molar-refractivity contribution in [3.63, 3.8) is 0 Å². The molecule has 0 radical (unpaired) electrons. The number of carbonyl (C=O) groups excluding carboxylic acids is 3. The number of carbonyl (C=O) groups is 3. The van der Waals surface area contributed by atoms with E-state index in [9.17, 15) is 19.2 Å². The van der Waals surface area contributed by atoms with Crippen molar-refractivity contribution in [2.24, 2.45) is 5.73 Å². The van der Waals surface area contributed by atoms with E-state index in [4.69, 9.17) is 19.6 Å². The molecule has 1 heterocycles. The Balaban J connectivity index is 1.51. The third-order valence-corrected chi connectivity index (χ3v) is 4.07. The zero-order valence-corrected chi connectivity index (χ0v) is 15.9. The van der Waals surface area contributed by atoms with Crippen molar-refractivity contribution < 1.29 is 28.3 Å². The lowest BCUT2D eigenvalue weighted by molar-refractivity contribution is -0.155. The Morgan fingerprint density at radius 2 is 1.77 bits per heavy atom. The summed E-state index contributed by atoms with van der Waals surface area (Å²) in [5.74, 6) is -1.58. The van der Waals surface area contributed by atoms with E-state index in [-0.39, 0.29) is 0 Å². The van der Waals surface area contributed by atoms with E-state index in [1.807, 2.05) is 0 Å². The van der Waals surface area contributed by atoms with Crippen LogP contribution in [0.2, 0.25) is 0 Å². The van der Waals surface area contributed by atoms with Crippen molar-refractivity contribution in [1.82, 2.24) is 0 Å². The average molecular weight is 410 g/mol. The molecular formula is C21H18N2O7. The Bertz CT molecular complexity index is 1150. The maximum Gasteiger partial charge on any atom is 0.344 e. The van der Waals surface area contributed by atoms with Gasteiger partial charge in [-0.2, -0.15) is 0 Å². The van der Waals surface area contributed by atoms with E-state index in [2.05, 4.69) is 5.32 Å². The Morgan fingerprint density at radius 1 is 1.07 bits per heavy atom. The zero-order valence-electron chi connectivity index (χ0n) is 15.9. The summed E-state index contributed by atoms with van der Waals surface area (Å²) >= 11 is 0. The number of amides is 2. The zero-order chi connectivity index (χ0) is 21.7. The topological polar surface area (TPSA) is 138 Å². The van der Waals surface area contributed by atoms with Gasteiger partial charge in [0.25, 0.3) is 5.91 Å². The molecule has 1 atom stereocenters. The fourth-order valence-electron chi connectivity index (χ4n) is 2.52. The highest BCUT2D eigenvalue weighted by molar-refractivity contribution is 5.96. The molecule has 0 bridgehead atoms. The minimum atomic E-state index is -1.08. The molecule has 3 rings (SSSR count). The van der Waals surface area contributed by atoms with Gasteiger partial charge in [-0.3, -0.25) is 9.59 Å². The molecule has 9 nitrogen and oxygen atoms in total. The second-order valence-electron chi connectivity index (χ2n) is 6.31. The molecule has 30 heavy (non-hydrogen) atoms. The van der Waals surface area contributed by atoms with Gasteiger partial charge >= 0.3 is 11.6 Å². The number of anilines is 1. The molecule has 2 amide bonds. The van der Waals surface area contributed by atoms with Gasteiger partial charge in [-0.05, 0) is 49.4 Å². The van der Waals surface area contributed by atoms with Crippen LogP contribution in [0, 0.1) is 0 Å². The highest BCUT2D eigenvalue weighted by Gasteiger charge is 2.18. The van der Waals surface area contributed by atoms with Gasteiger partial charge in [-0.25, -0.2) is 9.59 Å². The van der Waals surface area contributed by atoms with Crippen molar-refractivity contribution >= 4 is 34.4 Å². The van der Waals surface area contributed by atoms with Crippen molar-refractivity contribution in [2.45, 2.75) is 13.0 Å². The predicted octanol–water partition coefficient (Wildman–Crippen LogP) is 1.84. The van der Waals surface area contributed by atoms with Crippen LogP contribution in [0.25, 0.3) is 11.0 Å². The maximum atomic E-state index is 12.2. The first-order valence-corrected chi connectivity index (χ1v) is 8.89. The number of primary amides is 1. The first-order chi connectivity index (χ1) is 14.3. The van der Waals surface area contributed by atoms with Gasteiger partial charge in [0.1, 0.15) is 11.3 Å². The van der Waals surface area contributed by atoms with Gasteiger partial charge < -0.3 is 24.9 Å². The van der Waals surface area contributed by atoms with Crippen molar-refractivity contribution in [3.8, 4) is 5.75 Å². The molecule has 3 aromatic rings. The van der Waals surface area contributed by atoms with E-state index in [0.29, 0.717) is 28.0 Å². The van der Waals surface area contributed by atoms with Crippen LogP contribution in [0.1, 0.15) is 17.3 Å². The van der Waals surface area contributed by atoms with Crippen LogP contribution in [-0.4, -0.2) is 30.5 Å². The molecule has 0 saturated carbocycles. The molecule has 3 N–H and O–H groups in total. The molecule has 154 valence electrons. The SMILES string of the molecule is CC(OC(=O)COc1ccc2ccc(=O)oc2c1)C(=O)Nc1ccc(C(N)=O)cc1. The van der Waals surface area contributed by atoms with E-state index in [1.54, 1.807) is 18.2 Å². The third kappa shape index (κ3) is 5.22. The number of esters is 1. The lowest BCUT2D eigenvalue weighted by Crippen LogP contribution is -2.31. The fraction of sp³-hybridized carbons (Fsp3) is 0.143. The normalized spacial score (nSPS) is 11.5. The summed E-state index contributed by atoms with van der Waals surface area (Å²) in [6.07, 6.45) is -1.08. The molecule has 0 spiro atoms. The summed E-state index contributed by atoms with van der Waals surface area (Å²) in [5.41, 5.74) is 5.71. The minimum Gasteiger partial charge on any atom is -0.482 e. The second kappa shape index (κ2) is 8.91. The molecule has 0 fully saturated rings. The number of fused-ring (bicyclic) bond motifs is 1. The molecule has 0 aliphatic carbocycles. The quantitative estimate of drug-likeness (QED) is 0.448. The van der Waals surface area contributed by atoms with Crippen LogP contribution in [0.15, 0.2) is 63.8 Å². The maximum absolute atomic E-state index is 12.2. The highest BCUT2D eigenvalue weighted by Crippen LogP contribution is 2.19. The van der Waals surface area contributed by atoms with Crippen LogP contribution in [0.5, 0.6) is 5.75 Å². The number of hydrogen-bond acceptors (Lipinski definition) is 7. The van der Waals surface area contributed by atoms with Gasteiger partial charge in [0.15, 0.2) is 12.7 Å². The third-order valence-electron chi connectivity index (χ3n) is 4.07. The largest absolute Gasteiger partial charge is 0.482 e. The lowest BCUT2D eigenvalue weighted by atomic mass is 10.2. The summed E-state index contributed by atoms with van der Waals surface area (Å²) < 4.78 is 15.4. The number of benzene rings is 2. The number of hydrogen-bond donors (Lipinski definition) is 2. The predicted molar refractivity (Wildman–Crippen MR) is 107 cm³/mol. The molecule has 0 saturated heterocycles. The first-order valence-electron chi connectivity index (χ1n) is 8.89. The monoisotopic (exact) mass is 410 g/mol. The van der Waals surface area contributed by atoms with Crippen LogP contribution in [0.3, 0.4) is 0 Å². The summed E-state index contributed by atoms with van der Waals surface area (Å²) in [4.78, 5) is 46.5. The van der Waals surface area contributed by atoms with Gasteiger partial charge in [-0.15, -0.1) is 0 Å². The number of rotatable bonds is 7. The van der Waals surface area contributed by atoms with E-state index < -0.39 is 36.1 Å². The Morgan fingerprint density at radius 3 is 2.47 bits per heavy atom. The molecule has 9 heteroatoms. The Labute approximate surface area is 170 Å². The molecule has 0 aliphatic rings. The van der Waals surface area contributed by atoms with Crippen molar-refractivity contribution in [2.75, 3.05) is 11.9 Å². The summed E-state index contributed by atoms with van der Waals surface area (Å²) in [6, 6.07) is 13.6. The van der Waals surface area contributed by atoms with Crippen LogP contribution >= 0.6 is 0 Å². The summed E-state index contributed by atoms with van der Waals surface area (Å²) in [7, 11) is 0. The Hall–Kier alpha value is -4.14. The van der Waals surface area contributed by atoms with Crippen molar-refractivity contribution in [3.05, 3.63) is 70.6 Å². The van der Waals surface area contributed by atoms with Crippen LogP contribution in [0.4, 0.5) is 5.69 Å². The van der Waals surface area contributed by atoms with E-state index >= 15 is 0 Å².